The Morgan fingerprint density at radius 2 is 2.00 bits per heavy atom. The number of guanidine groups is 1. The van der Waals surface area contributed by atoms with E-state index in [0.717, 1.165) is 18.7 Å². The molecule has 6 nitrogen and oxygen atoms in total. The number of benzene rings is 1. The SMILES string of the molecule is COc1ccc(NC(N)=NC2C3CCOC3C23CCCC3)cc1OC. The molecule has 3 atom stereocenters. The van der Waals surface area contributed by atoms with Crippen LogP contribution in [-0.2, 0) is 4.74 Å². The molecule has 136 valence electrons. The maximum atomic E-state index is 6.24. The fraction of sp³-hybridized carbons (Fsp3) is 0.632. The first-order chi connectivity index (χ1) is 12.2. The van der Waals surface area contributed by atoms with Crippen molar-refractivity contribution in [2.24, 2.45) is 22.1 Å². The summed E-state index contributed by atoms with van der Waals surface area (Å²) < 4.78 is 16.6. The van der Waals surface area contributed by atoms with E-state index in [1.54, 1.807) is 14.2 Å². The highest BCUT2D eigenvalue weighted by atomic mass is 16.5. The number of nitrogens with zero attached hydrogens (tertiary/aromatic N) is 1. The molecular weight excluding hydrogens is 318 g/mol. The summed E-state index contributed by atoms with van der Waals surface area (Å²) >= 11 is 0. The second-order valence-electron chi connectivity index (χ2n) is 7.34. The fourth-order valence-corrected chi connectivity index (χ4v) is 5.08. The predicted molar refractivity (Wildman–Crippen MR) is 97.3 cm³/mol. The van der Waals surface area contributed by atoms with Crippen LogP contribution in [0.2, 0.25) is 0 Å². The van der Waals surface area contributed by atoms with Crippen LogP contribution in [0, 0.1) is 11.3 Å². The molecule has 3 unspecified atom stereocenters. The van der Waals surface area contributed by atoms with Gasteiger partial charge in [0.2, 0.25) is 0 Å². The molecule has 0 radical (unpaired) electrons. The van der Waals surface area contributed by atoms with E-state index in [1.807, 2.05) is 18.2 Å². The minimum absolute atomic E-state index is 0.227. The van der Waals surface area contributed by atoms with Gasteiger partial charge >= 0.3 is 0 Å². The van der Waals surface area contributed by atoms with Gasteiger partial charge < -0.3 is 25.3 Å². The predicted octanol–water partition coefficient (Wildman–Crippen LogP) is 2.78. The van der Waals surface area contributed by atoms with Crippen LogP contribution >= 0.6 is 0 Å². The second kappa shape index (κ2) is 6.41. The van der Waals surface area contributed by atoms with Crippen molar-refractivity contribution >= 4 is 11.6 Å². The lowest BCUT2D eigenvalue weighted by Gasteiger charge is -2.54. The zero-order valence-corrected chi connectivity index (χ0v) is 15.0. The number of nitrogens with one attached hydrogen (secondary N) is 1. The molecule has 1 spiro atoms. The van der Waals surface area contributed by atoms with E-state index in [9.17, 15) is 0 Å². The van der Waals surface area contributed by atoms with Gasteiger partial charge in [-0.05, 0) is 31.4 Å². The van der Waals surface area contributed by atoms with Crippen LogP contribution in [0.5, 0.6) is 11.5 Å². The first kappa shape index (κ1) is 16.5. The van der Waals surface area contributed by atoms with Crippen molar-refractivity contribution in [3.63, 3.8) is 0 Å². The Morgan fingerprint density at radius 3 is 2.72 bits per heavy atom. The molecule has 3 N–H and O–H groups in total. The van der Waals surface area contributed by atoms with Crippen LogP contribution in [-0.4, -0.2) is 38.9 Å². The van der Waals surface area contributed by atoms with Crippen molar-refractivity contribution in [3.05, 3.63) is 18.2 Å². The molecular formula is C19H27N3O3. The zero-order valence-electron chi connectivity index (χ0n) is 15.0. The lowest BCUT2D eigenvalue weighted by molar-refractivity contribution is -0.117. The molecule has 1 heterocycles. The molecule has 25 heavy (non-hydrogen) atoms. The number of aliphatic imine (C=N–C) groups is 1. The molecule has 6 heteroatoms. The third kappa shape index (κ3) is 2.63. The summed E-state index contributed by atoms with van der Waals surface area (Å²) in [4.78, 5) is 4.88. The van der Waals surface area contributed by atoms with Crippen molar-refractivity contribution in [2.45, 2.75) is 44.2 Å². The van der Waals surface area contributed by atoms with Crippen LogP contribution < -0.4 is 20.5 Å². The van der Waals surface area contributed by atoms with Crippen molar-refractivity contribution < 1.29 is 14.2 Å². The molecule has 1 saturated heterocycles. The van der Waals surface area contributed by atoms with E-state index >= 15 is 0 Å². The maximum Gasteiger partial charge on any atom is 0.193 e. The fourth-order valence-electron chi connectivity index (χ4n) is 5.08. The summed E-state index contributed by atoms with van der Waals surface area (Å²) in [5, 5.41) is 3.20. The van der Waals surface area contributed by atoms with Gasteiger partial charge in [0, 0.05) is 29.7 Å². The van der Waals surface area contributed by atoms with E-state index < -0.39 is 0 Å². The van der Waals surface area contributed by atoms with E-state index in [4.69, 9.17) is 24.9 Å². The smallest absolute Gasteiger partial charge is 0.193 e. The Labute approximate surface area is 148 Å². The number of rotatable bonds is 4. The van der Waals surface area contributed by atoms with Gasteiger partial charge in [0.05, 0.1) is 26.4 Å². The van der Waals surface area contributed by atoms with Crippen LogP contribution in [0.3, 0.4) is 0 Å². The molecule has 0 aromatic heterocycles. The average molecular weight is 345 g/mol. The molecule has 1 aromatic rings. The van der Waals surface area contributed by atoms with Crippen molar-refractivity contribution in [3.8, 4) is 11.5 Å². The second-order valence-corrected chi connectivity index (χ2v) is 7.34. The highest BCUT2D eigenvalue weighted by molar-refractivity contribution is 5.92. The van der Waals surface area contributed by atoms with Crippen LogP contribution in [0.1, 0.15) is 32.1 Å². The number of anilines is 1. The third-order valence-electron chi connectivity index (χ3n) is 6.17. The number of fused-ring (bicyclic) bond motifs is 2. The minimum atomic E-state index is 0.227. The molecule has 1 aliphatic heterocycles. The Hall–Kier alpha value is -1.95. The summed E-state index contributed by atoms with van der Waals surface area (Å²) in [5.41, 5.74) is 7.31. The lowest BCUT2D eigenvalue weighted by Crippen LogP contribution is -2.61. The lowest BCUT2D eigenvalue weighted by atomic mass is 9.54. The Morgan fingerprint density at radius 1 is 1.24 bits per heavy atom. The standard InChI is InChI=1S/C19H27N3O3/c1-23-14-6-5-12(11-15(14)24-2)21-18(20)22-16-13-7-10-25-17(13)19(16)8-3-4-9-19/h5-6,11,13,16-17H,3-4,7-10H2,1-2H3,(H3,20,21,22). The number of methoxy groups -OCH3 is 2. The largest absolute Gasteiger partial charge is 0.493 e. The number of nitrogens with two attached hydrogens (primary N) is 1. The molecule has 3 aliphatic rings. The van der Waals surface area contributed by atoms with Gasteiger partial charge in [0.1, 0.15) is 0 Å². The van der Waals surface area contributed by atoms with Crippen LogP contribution in [0.4, 0.5) is 5.69 Å². The molecule has 0 bridgehead atoms. The van der Waals surface area contributed by atoms with Gasteiger partial charge in [-0.1, -0.05) is 12.8 Å². The monoisotopic (exact) mass is 345 g/mol. The van der Waals surface area contributed by atoms with Gasteiger partial charge in [-0.25, -0.2) is 4.99 Å². The summed E-state index contributed by atoms with van der Waals surface area (Å²) in [5.74, 6) is 2.36. The van der Waals surface area contributed by atoms with Gasteiger partial charge in [0.25, 0.3) is 0 Å². The van der Waals surface area contributed by atoms with E-state index in [0.29, 0.717) is 29.5 Å². The van der Waals surface area contributed by atoms with Gasteiger partial charge in [-0.3, -0.25) is 0 Å². The first-order valence-electron chi connectivity index (χ1n) is 9.12. The Balaban J connectivity index is 1.51. The van der Waals surface area contributed by atoms with Gasteiger partial charge in [-0.2, -0.15) is 0 Å². The van der Waals surface area contributed by atoms with E-state index in [1.165, 1.54) is 25.7 Å². The van der Waals surface area contributed by atoms with Crippen LogP contribution in [0.15, 0.2) is 23.2 Å². The Bertz CT molecular complexity index is 670. The maximum absolute atomic E-state index is 6.24. The van der Waals surface area contributed by atoms with Gasteiger partial charge in [0.15, 0.2) is 17.5 Å². The summed E-state index contributed by atoms with van der Waals surface area (Å²) in [6, 6.07) is 5.93. The summed E-state index contributed by atoms with van der Waals surface area (Å²) in [6.07, 6.45) is 6.49. The Kier molecular flexibility index (Phi) is 4.23. The third-order valence-corrected chi connectivity index (χ3v) is 6.17. The quantitative estimate of drug-likeness (QED) is 0.648. The molecule has 2 aliphatic carbocycles. The normalized spacial score (nSPS) is 30.0. The highest BCUT2D eigenvalue weighted by Crippen LogP contribution is 2.62. The summed E-state index contributed by atoms with van der Waals surface area (Å²) in [7, 11) is 3.25. The molecule has 2 saturated carbocycles. The topological polar surface area (TPSA) is 78.1 Å². The van der Waals surface area contributed by atoms with Crippen molar-refractivity contribution in [1.82, 2.24) is 0 Å². The number of hydrogen-bond acceptors (Lipinski definition) is 4. The number of ether oxygens (including phenoxy) is 3. The zero-order chi connectivity index (χ0) is 17.4. The van der Waals surface area contributed by atoms with Crippen molar-refractivity contribution in [1.29, 1.82) is 0 Å². The average Bonchev–Trinajstić information content (AvgIpc) is 3.28. The summed E-state index contributed by atoms with van der Waals surface area (Å²) in [6.45, 7) is 0.867. The minimum Gasteiger partial charge on any atom is -0.493 e. The van der Waals surface area contributed by atoms with Crippen LogP contribution in [0.25, 0.3) is 0 Å². The highest BCUT2D eigenvalue weighted by Gasteiger charge is 2.65. The van der Waals surface area contributed by atoms with Gasteiger partial charge in [-0.15, -0.1) is 0 Å². The molecule has 3 fully saturated rings. The molecule has 0 amide bonds. The van der Waals surface area contributed by atoms with E-state index in [-0.39, 0.29) is 11.5 Å². The molecule has 4 rings (SSSR count). The van der Waals surface area contributed by atoms with Crippen molar-refractivity contribution in [2.75, 3.05) is 26.1 Å². The number of hydrogen-bond donors (Lipinski definition) is 2. The van der Waals surface area contributed by atoms with E-state index in [2.05, 4.69) is 5.32 Å². The molecule has 1 aromatic carbocycles. The first-order valence-corrected chi connectivity index (χ1v) is 9.12.